The molecule has 0 aromatic rings. The standard InChI is InChI=1S/C7H15N.C4H6O4/c1-7-3-5-8(2)6-4-7;5-3(6)1-2-4(7)8/h7H,3-6H2,1-2H3;1-2H2,(H,5,6)(H,7,8). The first-order valence-corrected chi connectivity index (χ1v) is 5.64. The van der Waals surface area contributed by atoms with E-state index in [2.05, 4.69) is 14.0 Å². The molecule has 2 N–H and O–H groups in total. The lowest BCUT2D eigenvalue weighted by Crippen LogP contribution is -3.10. The molecular formula is C11H21NO4. The third-order valence-corrected chi connectivity index (χ3v) is 2.67. The number of carboxylic acid groups (broad SMARTS) is 2. The predicted octanol–water partition coefficient (Wildman–Crippen LogP) is -1.47. The average Bonchev–Trinajstić information content (AvgIpc) is 2.20. The van der Waals surface area contributed by atoms with Gasteiger partial charge in [0.1, 0.15) is 0 Å². The van der Waals surface area contributed by atoms with Crippen molar-refractivity contribution in [3.63, 3.8) is 0 Å². The second-order valence-electron chi connectivity index (χ2n) is 4.41. The van der Waals surface area contributed by atoms with Gasteiger partial charge in [-0.2, -0.15) is 0 Å². The van der Waals surface area contributed by atoms with Crippen molar-refractivity contribution in [2.24, 2.45) is 5.92 Å². The Morgan fingerprint density at radius 2 is 1.81 bits per heavy atom. The minimum Gasteiger partial charge on any atom is -0.550 e. The Kier molecular flexibility index (Phi) is 7.54. The molecule has 5 heteroatoms. The third-order valence-electron chi connectivity index (χ3n) is 2.67. The first kappa shape index (κ1) is 14.9. The maximum Gasteiger partial charge on any atom is 0.303 e. The van der Waals surface area contributed by atoms with Crippen LogP contribution in [0.2, 0.25) is 0 Å². The fraction of sp³-hybridized carbons (Fsp3) is 0.818. The molecule has 0 aromatic carbocycles. The van der Waals surface area contributed by atoms with E-state index in [0.717, 1.165) is 5.92 Å². The minimum atomic E-state index is -1.33. The van der Waals surface area contributed by atoms with Gasteiger partial charge < -0.3 is 19.9 Å². The van der Waals surface area contributed by atoms with E-state index in [9.17, 15) is 14.7 Å². The molecule has 0 bridgehead atoms. The van der Waals surface area contributed by atoms with Crippen LogP contribution in [0.3, 0.4) is 0 Å². The lowest BCUT2D eigenvalue weighted by Gasteiger charge is -2.23. The largest absolute Gasteiger partial charge is 0.550 e. The highest BCUT2D eigenvalue weighted by molar-refractivity contribution is 5.74. The molecular weight excluding hydrogens is 210 g/mol. The highest BCUT2D eigenvalue weighted by atomic mass is 16.4. The highest BCUT2D eigenvalue weighted by Crippen LogP contribution is 2.05. The number of hydrogen-bond donors (Lipinski definition) is 2. The topological polar surface area (TPSA) is 81.9 Å². The number of nitrogens with one attached hydrogen (secondary N) is 1. The quantitative estimate of drug-likeness (QED) is 0.621. The summed E-state index contributed by atoms with van der Waals surface area (Å²) in [6, 6.07) is 0. The van der Waals surface area contributed by atoms with E-state index in [1.165, 1.54) is 25.9 Å². The summed E-state index contributed by atoms with van der Waals surface area (Å²) in [6.45, 7) is 5.13. The van der Waals surface area contributed by atoms with Crippen molar-refractivity contribution in [1.82, 2.24) is 0 Å². The summed E-state index contributed by atoms with van der Waals surface area (Å²) in [5.74, 6) is -1.44. The van der Waals surface area contributed by atoms with Crippen LogP contribution in [0.5, 0.6) is 0 Å². The van der Waals surface area contributed by atoms with E-state index >= 15 is 0 Å². The van der Waals surface area contributed by atoms with E-state index < -0.39 is 18.4 Å². The van der Waals surface area contributed by atoms with Crippen LogP contribution in [-0.2, 0) is 9.59 Å². The average molecular weight is 231 g/mol. The Labute approximate surface area is 96.1 Å². The number of carbonyl (C=O) groups excluding carboxylic acids is 1. The molecule has 0 unspecified atom stereocenters. The molecule has 94 valence electrons. The molecule has 1 saturated heterocycles. The van der Waals surface area contributed by atoms with Gasteiger partial charge >= 0.3 is 5.97 Å². The normalized spacial score (nSPS) is 24.1. The van der Waals surface area contributed by atoms with Crippen LogP contribution in [-0.4, -0.2) is 37.2 Å². The molecule has 0 aromatic heterocycles. The van der Waals surface area contributed by atoms with Crippen LogP contribution in [0.15, 0.2) is 0 Å². The number of rotatable bonds is 3. The molecule has 1 heterocycles. The van der Waals surface area contributed by atoms with Crippen LogP contribution in [0.25, 0.3) is 0 Å². The fourth-order valence-electron chi connectivity index (χ4n) is 1.46. The van der Waals surface area contributed by atoms with E-state index in [4.69, 9.17) is 5.11 Å². The van der Waals surface area contributed by atoms with Gasteiger partial charge in [0.2, 0.25) is 0 Å². The Morgan fingerprint density at radius 1 is 1.31 bits per heavy atom. The number of aliphatic carboxylic acids is 2. The first-order chi connectivity index (χ1) is 7.41. The van der Waals surface area contributed by atoms with E-state index in [1.807, 2.05) is 0 Å². The van der Waals surface area contributed by atoms with Gasteiger partial charge in [0.05, 0.1) is 26.6 Å². The van der Waals surface area contributed by atoms with E-state index in [0.29, 0.717) is 0 Å². The summed E-state index contributed by atoms with van der Waals surface area (Å²) in [4.78, 5) is 20.9. The summed E-state index contributed by atoms with van der Waals surface area (Å²) in [7, 11) is 2.28. The lowest BCUT2D eigenvalue weighted by atomic mass is 10.00. The number of likely N-dealkylation sites (tertiary alicyclic amines) is 1. The van der Waals surface area contributed by atoms with Gasteiger partial charge in [-0.3, -0.25) is 4.79 Å². The second-order valence-corrected chi connectivity index (χ2v) is 4.41. The van der Waals surface area contributed by atoms with Gasteiger partial charge in [0, 0.05) is 5.97 Å². The Bertz CT molecular complexity index is 198. The molecule has 0 amide bonds. The maximum absolute atomic E-state index is 9.61. The zero-order valence-corrected chi connectivity index (χ0v) is 9.99. The predicted molar refractivity (Wildman–Crippen MR) is 56.9 cm³/mol. The number of piperidine rings is 1. The van der Waals surface area contributed by atoms with Crippen LogP contribution >= 0.6 is 0 Å². The zero-order valence-electron chi connectivity index (χ0n) is 9.99. The Morgan fingerprint density at radius 3 is 2.06 bits per heavy atom. The Hall–Kier alpha value is -1.10. The molecule has 1 aliphatic rings. The summed E-state index contributed by atoms with van der Waals surface area (Å²) < 4.78 is 0. The summed E-state index contributed by atoms with van der Waals surface area (Å²) in [5.41, 5.74) is 0. The number of hydrogen-bond acceptors (Lipinski definition) is 3. The molecule has 0 aliphatic carbocycles. The van der Waals surface area contributed by atoms with Crippen molar-refractivity contribution in [1.29, 1.82) is 0 Å². The van der Waals surface area contributed by atoms with Crippen molar-refractivity contribution in [3.05, 3.63) is 0 Å². The van der Waals surface area contributed by atoms with Crippen LogP contribution < -0.4 is 10.0 Å². The van der Waals surface area contributed by atoms with Gasteiger partial charge in [-0.05, 0) is 25.2 Å². The third kappa shape index (κ3) is 9.45. The molecule has 0 spiro atoms. The van der Waals surface area contributed by atoms with E-state index in [1.54, 1.807) is 4.90 Å². The molecule has 5 nitrogen and oxygen atoms in total. The SMILES string of the molecule is CC1CC[NH+](C)CC1.O=C([O-])CCC(=O)O. The monoisotopic (exact) mass is 231 g/mol. The number of carboxylic acids is 2. The van der Waals surface area contributed by atoms with Gasteiger partial charge in [-0.1, -0.05) is 6.92 Å². The number of carbonyl (C=O) groups is 2. The molecule has 0 atom stereocenters. The van der Waals surface area contributed by atoms with Crippen molar-refractivity contribution < 1.29 is 24.7 Å². The van der Waals surface area contributed by atoms with Crippen molar-refractivity contribution in [2.75, 3.05) is 20.1 Å². The van der Waals surface area contributed by atoms with Crippen molar-refractivity contribution in [2.45, 2.75) is 32.6 Å². The van der Waals surface area contributed by atoms with Crippen molar-refractivity contribution >= 4 is 11.9 Å². The Balaban J connectivity index is 0.000000281. The van der Waals surface area contributed by atoms with Gasteiger partial charge in [-0.25, -0.2) is 0 Å². The first-order valence-electron chi connectivity index (χ1n) is 5.64. The van der Waals surface area contributed by atoms with Crippen LogP contribution in [0.1, 0.15) is 32.6 Å². The highest BCUT2D eigenvalue weighted by Gasteiger charge is 2.13. The van der Waals surface area contributed by atoms with E-state index in [-0.39, 0.29) is 6.42 Å². The van der Waals surface area contributed by atoms with Gasteiger partial charge in [-0.15, -0.1) is 0 Å². The van der Waals surface area contributed by atoms with Crippen LogP contribution in [0, 0.1) is 5.92 Å². The second kappa shape index (κ2) is 8.10. The summed E-state index contributed by atoms with van der Waals surface area (Å²) in [5, 5.41) is 17.4. The van der Waals surface area contributed by atoms with Crippen LogP contribution in [0.4, 0.5) is 0 Å². The number of quaternary nitrogens is 1. The summed E-state index contributed by atoms with van der Waals surface area (Å²) >= 11 is 0. The molecule has 0 radical (unpaired) electrons. The molecule has 0 saturated carbocycles. The van der Waals surface area contributed by atoms with Gasteiger partial charge in [0.15, 0.2) is 0 Å². The molecule has 1 rings (SSSR count). The molecule has 16 heavy (non-hydrogen) atoms. The fourth-order valence-corrected chi connectivity index (χ4v) is 1.46. The van der Waals surface area contributed by atoms with Gasteiger partial charge in [0.25, 0.3) is 0 Å². The maximum atomic E-state index is 9.61. The minimum absolute atomic E-state index is 0.359. The molecule has 1 aliphatic heterocycles. The lowest BCUT2D eigenvalue weighted by molar-refractivity contribution is -0.885. The molecule has 1 fully saturated rings. The van der Waals surface area contributed by atoms with Crippen molar-refractivity contribution in [3.8, 4) is 0 Å². The summed E-state index contributed by atoms with van der Waals surface area (Å²) in [6.07, 6.45) is 2.11. The smallest absolute Gasteiger partial charge is 0.303 e. The zero-order chi connectivity index (χ0) is 12.6.